The maximum atomic E-state index is 11.4. The van der Waals surface area contributed by atoms with Gasteiger partial charge in [0.1, 0.15) is 6.04 Å². The van der Waals surface area contributed by atoms with Crippen LogP contribution < -0.4 is 5.73 Å². The third-order valence-electron chi connectivity index (χ3n) is 4.43. The number of fused-ring (bicyclic) bond motifs is 1. The molecule has 1 aromatic carbocycles. The van der Waals surface area contributed by atoms with Gasteiger partial charge in [0.25, 0.3) is 0 Å². The predicted molar refractivity (Wildman–Crippen MR) is 89.6 cm³/mol. The Hall–Kier alpha value is -2.73. The maximum Gasteiger partial charge on any atom is 0.248 e. The lowest BCUT2D eigenvalue weighted by molar-refractivity contribution is 0.0762. The molecule has 3 aromatic rings. The Bertz CT molecular complexity index is 869. The van der Waals surface area contributed by atoms with Crippen LogP contribution in [0.1, 0.15) is 34.8 Å². The van der Waals surface area contributed by atoms with E-state index >= 15 is 0 Å². The summed E-state index contributed by atoms with van der Waals surface area (Å²) < 4.78 is 7.84. The summed E-state index contributed by atoms with van der Waals surface area (Å²) in [6.07, 6.45) is 7.67. The molecule has 6 nitrogen and oxygen atoms in total. The fraction of sp³-hybridized carbons (Fsp3) is 0.278. The van der Waals surface area contributed by atoms with Crippen molar-refractivity contribution in [1.29, 1.82) is 0 Å². The summed E-state index contributed by atoms with van der Waals surface area (Å²) >= 11 is 0. The molecule has 4 rings (SSSR count). The molecule has 1 saturated heterocycles. The Kier molecular flexibility index (Phi) is 3.74. The monoisotopic (exact) mass is 322 g/mol. The molecule has 0 saturated carbocycles. The number of carbonyl (C=O) groups excluding carboxylic acids is 1. The van der Waals surface area contributed by atoms with Crippen LogP contribution in [0.25, 0.3) is 10.9 Å². The second-order valence-electron chi connectivity index (χ2n) is 6.03. The molecule has 0 spiro atoms. The summed E-state index contributed by atoms with van der Waals surface area (Å²) in [5.74, 6) is -0.437. The SMILES string of the molecule is NC(=O)c1ccc2nn(C(c3cccnc3)C3CCCO3)cc2c1. The van der Waals surface area contributed by atoms with Crippen molar-refractivity contribution in [1.82, 2.24) is 14.8 Å². The summed E-state index contributed by atoms with van der Waals surface area (Å²) in [6.45, 7) is 0.772. The molecule has 122 valence electrons. The third-order valence-corrected chi connectivity index (χ3v) is 4.43. The van der Waals surface area contributed by atoms with Crippen LogP contribution >= 0.6 is 0 Å². The van der Waals surface area contributed by atoms with Crippen LogP contribution in [0.15, 0.2) is 48.9 Å². The molecule has 1 fully saturated rings. The van der Waals surface area contributed by atoms with Gasteiger partial charge in [0.2, 0.25) is 5.91 Å². The van der Waals surface area contributed by atoms with Crippen molar-refractivity contribution in [2.75, 3.05) is 6.61 Å². The van der Waals surface area contributed by atoms with Crippen molar-refractivity contribution < 1.29 is 9.53 Å². The highest BCUT2D eigenvalue weighted by atomic mass is 16.5. The van der Waals surface area contributed by atoms with E-state index < -0.39 is 5.91 Å². The first-order valence-electron chi connectivity index (χ1n) is 8.02. The normalized spacial score (nSPS) is 18.8. The molecule has 0 aliphatic carbocycles. The Balaban J connectivity index is 1.80. The van der Waals surface area contributed by atoms with Crippen molar-refractivity contribution in [2.45, 2.75) is 25.0 Å². The van der Waals surface area contributed by atoms with E-state index in [2.05, 4.69) is 4.98 Å². The number of hydrogen-bond acceptors (Lipinski definition) is 4. The number of aromatic nitrogens is 3. The Morgan fingerprint density at radius 1 is 1.38 bits per heavy atom. The van der Waals surface area contributed by atoms with E-state index in [1.165, 1.54) is 0 Å². The predicted octanol–water partition coefficient (Wildman–Crippen LogP) is 2.30. The van der Waals surface area contributed by atoms with Gasteiger partial charge in [-0.25, -0.2) is 0 Å². The standard InChI is InChI=1S/C18H18N4O2/c19-18(23)12-5-6-15-14(9-12)11-22(21-15)17(16-4-2-8-24-16)13-3-1-7-20-10-13/h1,3,5-7,9-11,16-17H,2,4,8H2,(H2,19,23). The fourth-order valence-corrected chi connectivity index (χ4v) is 3.28. The van der Waals surface area contributed by atoms with E-state index in [0.717, 1.165) is 35.9 Å². The van der Waals surface area contributed by atoms with E-state index in [1.54, 1.807) is 18.3 Å². The second-order valence-corrected chi connectivity index (χ2v) is 6.03. The molecule has 0 bridgehead atoms. The summed E-state index contributed by atoms with van der Waals surface area (Å²) in [5, 5.41) is 5.58. The van der Waals surface area contributed by atoms with Gasteiger partial charge in [0.15, 0.2) is 0 Å². The van der Waals surface area contributed by atoms with Crippen molar-refractivity contribution >= 4 is 16.8 Å². The Labute approximate surface area is 139 Å². The zero-order valence-electron chi connectivity index (χ0n) is 13.1. The van der Waals surface area contributed by atoms with Crippen LogP contribution in [-0.4, -0.2) is 33.4 Å². The molecule has 1 aliphatic heterocycles. The minimum Gasteiger partial charge on any atom is -0.376 e. The number of nitrogens with zero attached hydrogens (tertiary/aromatic N) is 3. The molecule has 3 heterocycles. The third kappa shape index (κ3) is 2.65. The van der Waals surface area contributed by atoms with Gasteiger partial charge in [0, 0.05) is 36.1 Å². The molecule has 2 unspecified atom stereocenters. The molecule has 24 heavy (non-hydrogen) atoms. The summed E-state index contributed by atoms with van der Waals surface area (Å²) in [4.78, 5) is 15.6. The lowest BCUT2D eigenvalue weighted by atomic mass is 10.0. The van der Waals surface area contributed by atoms with Crippen molar-refractivity contribution in [3.05, 3.63) is 60.0 Å². The zero-order valence-corrected chi connectivity index (χ0v) is 13.1. The lowest BCUT2D eigenvalue weighted by Gasteiger charge is -2.23. The largest absolute Gasteiger partial charge is 0.376 e. The number of rotatable bonds is 4. The first kappa shape index (κ1) is 14.8. The van der Waals surface area contributed by atoms with Gasteiger partial charge >= 0.3 is 0 Å². The average Bonchev–Trinajstić information content (AvgIpc) is 3.25. The highest BCUT2D eigenvalue weighted by molar-refractivity contribution is 5.96. The number of benzene rings is 1. The Morgan fingerprint density at radius 3 is 3.00 bits per heavy atom. The van der Waals surface area contributed by atoms with Crippen molar-refractivity contribution in [2.24, 2.45) is 5.73 Å². The number of pyridine rings is 1. The van der Waals surface area contributed by atoms with Crippen LogP contribution in [0, 0.1) is 0 Å². The van der Waals surface area contributed by atoms with Crippen LogP contribution in [0.2, 0.25) is 0 Å². The van der Waals surface area contributed by atoms with E-state index in [1.807, 2.05) is 35.3 Å². The number of ether oxygens (including phenoxy) is 1. The van der Waals surface area contributed by atoms with Gasteiger partial charge in [-0.3, -0.25) is 14.5 Å². The number of nitrogens with two attached hydrogens (primary N) is 1. The molecule has 1 amide bonds. The molecule has 1 aliphatic rings. The molecule has 0 radical (unpaired) electrons. The quantitative estimate of drug-likeness (QED) is 0.799. The summed E-state index contributed by atoms with van der Waals surface area (Å²) in [7, 11) is 0. The smallest absolute Gasteiger partial charge is 0.248 e. The average molecular weight is 322 g/mol. The van der Waals surface area contributed by atoms with Crippen molar-refractivity contribution in [3.8, 4) is 0 Å². The number of hydrogen-bond donors (Lipinski definition) is 1. The second kappa shape index (κ2) is 6.05. The van der Waals surface area contributed by atoms with Crippen LogP contribution in [-0.2, 0) is 4.74 Å². The van der Waals surface area contributed by atoms with E-state index in [9.17, 15) is 4.79 Å². The first-order chi connectivity index (χ1) is 11.7. The van der Waals surface area contributed by atoms with E-state index in [0.29, 0.717) is 5.56 Å². The van der Waals surface area contributed by atoms with E-state index in [-0.39, 0.29) is 12.1 Å². The first-order valence-corrected chi connectivity index (χ1v) is 8.02. The molecule has 2 aromatic heterocycles. The molecular weight excluding hydrogens is 304 g/mol. The molecular formula is C18H18N4O2. The van der Waals surface area contributed by atoms with Crippen LogP contribution in [0.3, 0.4) is 0 Å². The van der Waals surface area contributed by atoms with Crippen LogP contribution in [0.5, 0.6) is 0 Å². The zero-order chi connectivity index (χ0) is 16.5. The topological polar surface area (TPSA) is 83.0 Å². The fourth-order valence-electron chi connectivity index (χ4n) is 3.28. The Morgan fingerprint density at radius 2 is 2.29 bits per heavy atom. The highest BCUT2D eigenvalue weighted by Crippen LogP contribution is 2.31. The van der Waals surface area contributed by atoms with Crippen molar-refractivity contribution in [3.63, 3.8) is 0 Å². The molecule has 2 atom stereocenters. The maximum absolute atomic E-state index is 11.4. The summed E-state index contributed by atoms with van der Waals surface area (Å²) in [6, 6.07) is 9.23. The van der Waals surface area contributed by atoms with Gasteiger partial charge in [-0.2, -0.15) is 5.10 Å². The molecule has 2 N–H and O–H groups in total. The van der Waals surface area contributed by atoms with Gasteiger partial charge < -0.3 is 10.5 Å². The van der Waals surface area contributed by atoms with E-state index in [4.69, 9.17) is 15.6 Å². The number of carbonyl (C=O) groups is 1. The van der Waals surface area contributed by atoms with Crippen LogP contribution in [0.4, 0.5) is 0 Å². The lowest BCUT2D eigenvalue weighted by Crippen LogP contribution is -2.25. The summed E-state index contributed by atoms with van der Waals surface area (Å²) in [5.41, 5.74) is 7.74. The van der Waals surface area contributed by atoms with Gasteiger partial charge in [0.05, 0.1) is 11.6 Å². The molecule has 6 heteroatoms. The van der Waals surface area contributed by atoms with Gasteiger partial charge in [-0.05, 0) is 42.7 Å². The highest BCUT2D eigenvalue weighted by Gasteiger charge is 2.30. The van der Waals surface area contributed by atoms with Gasteiger partial charge in [-0.1, -0.05) is 6.07 Å². The minimum atomic E-state index is -0.437. The number of primary amides is 1. The minimum absolute atomic E-state index is 0.0365. The number of amides is 1. The van der Waals surface area contributed by atoms with Gasteiger partial charge in [-0.15, -0.1) is 0 Å².